The average molecular weight is 283 g/mol. The molecular weight excluding hydrogens is 262 g/mol. The Bertz CT molecular complexity index is 520. The number of carbonyl (C=O) groups is 1. The molecule has 0 heterocycles. The van der Waals surface area contributed by atoms with Gasteiger partial charge in [0.05, 0.1) is 4.90 Å². The van der Waals surface area contributed by atoms with Crippen molar-refractivity contribution >= 4 is 15.7 Å². The summed E-state index contributed by atoms with van der Waals surface area (Å²) in [5.41, 5.74) is 1.01. The minimum Gasteiger partial charge on any atom is -0.356 e. The van der Waals surface area contributed by atoms with Crippen LogP contribution in [0.3, 0.4) is 0 Å². The van der Waals surface area contributed by atoms with E-state index in [1.807, 2.05) is 13.8 Å². The number of carbonyl (C=O) groups excluding carboxylic acids is 1. The van der Waals surface area contributed by atoms with Gasteiger partial charge in [0.1, 0.15) is 0 Å². The Morgan fingerprint density at radius 2 is 1.84 bits per heavy atom. The SMILES string of the molecule is CC[C@H](C)C(=O)NCCc1ccc(S(C)(=O)=O)cc1. The Balaban J connectivity index is 2.49. The second-order valence-corrected chi connectivity index (χ2v) is 6.78. The molecule has 1 N–H and O–H groups in total. The molecule has 0 radical (unpaired) electrons. The maximum Gasteiger partial charge on any atom is 0.222 e. The van der Waals surface area contributed by atoms with Crippen molar-refractivity contribution in [3.63, 3.8) is 0 Å². The highest BCUT2D eigenvalue weighted by atomic mass is 32.2. The van der Waals surface area contributed by atoms with Crippen molar-refractivity contribution in [2.24, 2.45) is 5.92 Å². The van der Waals surface area contributed by atoms with E-state index in [4.69, 9.17) is 0 Å². The van der Waals surface area contributed by atoms with Gasteiger partial charge in [-0.05, 0) is 30.5 Å². The fourth-order valence-corrected chi connectivity index (χ4v) is 2.22. The van der Waals surface area contributed by atoms with E-state index >= 15 is 0 Å². The number of benzene rings is 1. The molecule has 0 bridgehead atoms. The van der Waals surface area contributed by atoms with E-state index in [0.717, 1.165) is 12.0 Å². The topological polar surface area (TPSA) is 63.2 Å². The van der Waals surface area contributed by atoms with Crippen LogP contribution in [0.1, 0.15) is 25.8 Å². The molecule has 5 heteroatoms. The van der Waals surface area contributed by atoms with E-state index < -0.39 is 9.84 Å². The van der Waals surface area contributed by atoms with Gasteiger partial charge in [0, 0.05) is 18.7 Å². The van der Waals surface area contributed by atoms with Crippen LogP contribution >= 0.6 is 0 Å². The molecule has 19 heavy (non-hydrogen) atoms. The molecule has 0 aliphatic heterocycles. The number of sulfone groups is 1. The minimum absolute atomic E-state index is 0.0348. The van der Waals surface area contributed by atoms with Gasteiger partial charge in [-0.3, -0.25) is 4.79 Å². The summed E-state index contributed by atoms with van der Waals surface area (Å²) >= 11 is 0. The van der Waals surface area contributed by atoms with Crippen molar-refractivity contribution in [1.82, 2.24) is 5.32 Å². The molecule has 0 aliphatic carbocycles. The lowest BCUT2D eigenvalue weighted by molar-refractivity contribution is -0.124. The summed E-state index contributed by atoms with van der Waals surface area (Å²) in [6, 6.07) is 6.76. The van der Waals surface area contributed by atoms with Gasteiger partial charge in [0.15, 0.2) is 9.84 Å². The monoisotopic (exact) mass is 283 g/mol. The van der Waals surface area contributed by atoms with Crippen LogP contribution < -0.4 is 5.32 Å². The number of hydrogen-bond donors (Lipinski definition) is 1. The Labute approximate surface area is 115 Å². The van der Waals surface area contributed by atoms with Crippen molar-refractivity contribution in [3.8, 4) is 0 Å². The molecule has 0 spiro atoms. The summed E-state index contributed by atoms with van der Waals surface area (Å²) in [4.78, 5) is 11.9. The molecule has 0 saturated carbocycles. The highest BCUT2D eigenvalue weighted by Gasteiger charge is 2.09. The van der Waals surface area contributed by atoms with Crippen molar-refractivity contribution in [2.45, 2.75) is 31.6 Å². The number of rotatable bonds is 6. The van der Waals surface area contributed by atoms with Gasteiger partial charge < -0.3 is 5.32 Å². The highest BCUT2D eigenvalue weighted by Crippen LogP contribution is 2.10. The first-order valence-electron chi connectivity index (χ1n) is 6.41. The Hall–Kier alpha value is -1.36. The van der Waals surface area contributed by atoms with Crippen molar-refractivity contribution in [3.05, 3.63) is 29.8 Å². The van der Waals surface area contributed by atoms with Crippen LogP contribution in [0.5, 0.6) is 0 Å². The summed E-state index contributed by atoms with van der Waals surface area (Å²) in [6.07, 6.45) is 2.72. The van der Waals surface area contributed by atoms with Crippen molar-refractivity contribution in [2.75, 3.05) is 12.8 Å². The summed E-state index contributed by atoms with van der Waals surface area (Å²) in [6.45, 7) is 4.45. The van der Waals surface area contributed by atoms with E-state index in [-0.39, 0.29) is 11.8 Å². The highest BCUT2D eigenvalue weighted by molar-refractivity contribution is 7.90. The number of amides is 1. The standard InChI is InChI=1S/C14H21NO3S/c1-4-11(2)14(16)15-10-9-12-5-7-13(8-6-12)19(3,17)18/h5-8,11H,4,9-10H2,1-3H3,(H,15,16)/t11-/m0/s1. The fourth-order valence-electron chi connectivity index (χ4n) is 1.59. The first-order valence-corrected chi connectivity index (χ1v) is 8.30. The lowest BCUT2D eigenvalue weighted by Crippen LogP contribution is -2.30. The number of hydrogen-bond acceptors (Lipinski definition) is 3. The van der Waals surface area contributed by atoms with E-state index in [1.165, 1.54) is 6.26 Å². The van der Waals surface area contributed by atoms with Gasteiger partial charge in [-0.15, -0.1) is 0 Å². The normalized spacial score (nSPS) is 13.0. The zero-order valence-electron chi connectivity index (χ0n) is 11.6. The largest absolute Gasteiger partial charge is 0.356 e. The molecule has 1 aromatic rings. The maximum atomic E-state index is 11.6. The lowest BCUT2D eigenvalue weighted by Gasteiger charge is -2.10. The molecule has 0 unspecified atom stereocenters. The zero-order valence-corrected chi connectivity index (χ0v) is 12.5. The molecule has 4 nitrogen and oxygen atoms in total. The van der Waals surface area contributed by atoms with Gasteiger partial charge in [-0.1, -0.05) is 26.0 Å². The predicted octanol–water partition coefficient (Wildman–Crippen LogP) is 1.79. The molecule has 0 fully saturated rings. The number of nitrogens with one attached hydrogen (secondary N) is 1. The smallest absolute Gasteiger partial charge is 0.222 e. The van der Waals surface area contributed by atoms with Gasteiger partial charge >= 0.3 is 0 Å². The van der Waals surface area contributed by atoms with Crippen LogP contribution in [0.4, 0.5) is 0 Å². The van der Waals surface area contributed by atoms with Crippen LogP contribution in [0.15, 0.2) is 29.2 Å². The Kier molecular flexibility index (Phi) is 5.54. The molecule has 1 amide bonds. The maximum absolute atomic E-state index is 11.6. The van der Waals surface area contributed by atoms with Gasteiger partial charge in [-0.25, -0.2) is 8.42 Å². The van der Waals surface area contributed by atoms with Crippen LogP contribution in [-0.2, 0) is 21.1 Å². The molecule has 0 aromatic heterocycles. The minimum atomic E-state index is -3.14. The molecule has 1 atom stereocenters. The van der Waals surface area contributed by atoms with Gasteiger partial charge in [0.2, 0.25) is 5.91 Å². The Morgan fingerprint density at radius 1 is 1.26 bits per heavy atom. The van der Waals surface area contributed by atoms with E-state index in [9.17, 15) is 13.2 Å². The van der Waals surface area contributed by atoms with Crippen molar-refractivity contribution in [1.29, 1.82) is 0 Å². The molecule has 106 valence electrons. The molecule has 0 aliphatic rings. The first-order chi connectivity index (χ1) is 8.84. The summed E-state index contributed by atoms with van der Waals surface area (Å²) in [5.74, 6) is 0.0999. The molecule has 0 saturated heterocycles. The third-order valence-electron chi connectivity index (χ3n) is 3.12. The molecular formula is C14H21NO3S. The third kappa shape index (κ3) is 5.03. The zero-order chi connectivity index (χ0) is 14.5. The van der Waals surface area contributed by atoms with Crippen LogP contribution in [0.25, 0.3) is 0 Å². The summed E-state index contributed by atoms with van der Waals surface area (Å²) in [5, 5.41) is 2.87. The first kappa shape index (κ1) is 15.7. The second-order valence-electron chi connectivity index (χ2n) is 4.77. The summed E-state index contributed by atoms with van der Waals surface area (Å²) < 4.78 is 22.6. The van der Waals surface area contributed by atoms with Crippen LogP contribution in [-0.4, -0.2) is 27.1 Å². The second kappa shape index (κ2) is 6.70. The summed E-state index contributed by atoms with van der Waals surface area (Å²) in [7, 11) is -3.14. The predicted molar refractivity (Wildman–Crippen MR) is 75.7 cm³/mol. The van der Waals surface area contributed by atoms with E-state index in [1.54, 1.807) is 24.3 Å². The Morgan fingerprint density at radius 3 is 2.32 bits per heavy atom. The van der Waals surface area contributed by atoms with Crippen LogP contribution in [0.2, 0.25) is 0 Å². The lowest BCUT2D eigenvalue weighted by atomic mass is 10.1. The third-order valence-corrected chi connectivity index (χ3v) is 4.25. The van der Waals surface area contributed by atoms with E-state index in [0.29, 0.717) is 17.9 Å². The average Bonchev–Trinajstić information content (AvgIpc) is 2.37. The van der Waals surface area contributed by atoms with Crippen LogP contribution in [0, 0.1) is 5.92 Å². The van der Waals surface area contributed by atoms with Gasteiger partial charge in [0.25, 0.3) is 0 Å². The van der Waals surface area contributed by atoms with E-state index in [2.05, 4.69) is 5.32 Å². The quantitative estimate of drug-likeness (QED) is 0.866. The van der Waals surface area contributed by atoms with Gasteiger partial charge in [-0.2, -0.15) is 0 Å². The molecule has 1 rings (SSSR count). The molecule has 1 aromatic carbocycles. The van der Waals surface area contributed by atoms with Crippen molar-refractivity contribution < 1.29 is 13.2 Å². The fraction of sp³-hybridized carbons (Fsp3) is 0.500.